The Labute approximate surface area is 188 Å². The molecule has 1 amide bonds. The number of fused-ring (bicyclic) bond motifs is 2. The normalized spacial score (nSPS) is 16.6. The highest BCUT2D eigenvalue weighted by atomic mass is 32.1. The minimum atomic E-state index is -0.885. The van der Waals surface area contributed by atoms with Gasteiger partial charge in [-0.2, -0.15) is 0 Å². The van der Waals surface area contributed by atoms with Gasteiger partial charge in [0.15, 0.2) is 5.13 Å². The van der Waals surface area contributed by atoms with E-state index in [-0.39, 0.29) is 17.9 Å². The molecule has 5 rings (SSSR count). The van der Waals surface area contributed by atoms with Crippen LogP contribution in [0.25, 0.3) is 11.3 Å². The number of aromatic nitrogens is 2. The Bertz CT molecular complexity index is 1220. The summed E-state index contributed by atoms with van der Waals surface area (Å²) in [5, 5.41) is 12.8. The maximum Gasteiger partial charge on any atom is 0.307 e. The van der Waals surface area contributed by atoms with Gasteiger partial charge in [-0.3, -0.25) is 14.6 Å². The first-order chi connectivity index (χ1) is 15.3. The fourth-order valence-corrected chi connectivity index (χ4v) is 5.05. The van der Waals surface area contributed by atoms with Crippen molar-refractivity contribution in [3.63, 3.8) is 0 Å². The average Bonchev–Trinajstić information content (AvgIpc) is 3.16. The number of pyridine rings is 1. The molecule has 2 aliphatic rings. The van der Waals surface area contributed by atoms with Crippen LogP contribution in [-0.4, -0.2) is 45.6 Å². The summed E-state index contributed by atoms with van der Waals surface area (Å²) in [6.07, 6.45) is 2.22. The van der Waals surface area contributed by atoms with Crippen LogP contribution in [0.1, 0.15) is 34.8 Å². The lowest BCUT2D eigenvalue weighted by Gasteiger charge is -2.29. The maximum absolute atomic E-state index is 12.5. The van der Waals surface area contributed by atoms with Crippen molar-refractivity contribution in [3.8, 4) is 17.0 Å². The monoisotopic (exact) mass is 450 g/mol. The Morgan fingerprint density at radius 1 is 1.31 bits per heavy atom. The quantitative estimate of drug-likeness (QED) is 0.627. The van der Waals surface area contributed by atoms with Crippen molar-refractivity contribution in [3.05, 3.63) is 52.7 Å². The van der Waals surface area contributed by atoms with Gasteiger partial charge in [0.05, 0.1) is 30.0 Å². The van der Waals surface area contributed by atoms with Crippen molar-refractivity contribution < 1.29 is 19.4 Å². The fraction of sp³-hybridized carbons (Fsp3) is 0.304. The smallest absolute Gasteiger partial charge is 0.307 e. The summed E-state index contributed by atoms with van der Waals surface area (Å²) >= 11 is 1.40. The van der Waals surface area contributed by atoms with E-state index < -0.39 is 5.97 Å². The number of hydrogen-bond acceptors (Lipinski definition) is 7. The van der Waals surface area contributed by atoms with Crippen molar-refractivity contribution in [1.82, 2.24) is 15.3 Å². The second-order valence-corrected chi connectivity index (χ2v) is 9.57. The van der Waals surface area contributed by atoms with Gasteiger partial charge in [-0.15, -0.1) is 0 Å². The van der Waals surface area contributed by atoms with Crippen LogP contribution in [0.5, 0.6) is 5.75 Å². The number of aliphatic carboxylic acids is 1. The molecule has 2 N–H and O–H groups in total. The number of carboxylic acid groups (broad SMARTS) is 1. The van der Waals surface area contributed by atoms with Crippen LogP contribution in [0.4, 0.5) is 10.8 Å². The second-order valence-electron chi connectivity index (χ2n) is 8.59. The molecule has 0 bridgehead atoms. The molecule has 0 saturated heterocycles. The lowest BCUT2D eigenvalue weighted by molar-refractivity contribution is -0.136. The van der Waals surface area contributed by atoms with Gasteiger partial charge in [-0.25, -0.2) is 4.98 Å². The summed E-state index contributed by atoms with van der Waals surface area (Å²) < 4.78 is 5.86. The summed E-state index contributed by atoms with van der Waals surface area (Å²) in [4.78, 5) is 35.5. The van der Waals surface area contributed by atoms with Gasteiger partial charge >= 0.3 is 5.97 Å². The van der Waals surface area contributed by atoms with Crippen molar-refractivity contribution >= 4 is 34.0 Å². The van der Waals surface area contributed by atoms with E-state index in [1.807, 2.05) is 38.1 Å². The van der Waals surface area contributed by atoms with E-state index in [9.17, 15) is 9.59 Å². The molecule has 0 spiro atoms. The molecule has 3 aromatic rings. The third kappa shape index (κ3) is 3.80. The van der Waals surface area contributed by atoms with Crippen molar-refractivity contribution in [2.75, 3.05) is 18.1 Å². The molecule has 9 heteroatoms. The third-order valence-corrected chi connectivity index (χ3v) is 6.60. The van der Waals surface area contributed by atoms with Gasteiger partial charge in [0, 0.05) is 23.7 Å². The Morgan fingerprint density at radius 2 is 2.16 bits per heavy atom. The first-order valence-corrected chi connectivity index (χ1v) is 11.1. The van der Waals surface area contributed by atoms with Crippen LogP contribution in [0.15, 0.2) is 36.5 Å². The number of nitrogens with zero attached hydrogens (tertiary/aromatic N) is 3. The predicted octanol–water partition coefficient (Wildman–Crippen LogP) is 3.43. The van der Waals surface area contributed by atoms with E-state index in [1.54, 1.807) is 12.3 Å². The van der Waals surface area contributed by atoms with Gasteiger partial charge in [-0.05, 0) is 43.7 Å². The number of nitrogens with one attached hydrogen (secondary N) is 1. The molecule has 0 saturated carbocycles. The molecular weight excluding hydrogens is 428 g/mol. The van der Waals surface area contributed by atoms with Gasteiger partial charge in [-0.1, -0.05) is 17.4 Å². The lowest BCUT2D eigenvalue weighted by atomic mass is 9.94. The molecular formula is C23H22N4O4S. The Balaban J connectivity index is 1.49. The topological polar surface area (TPSA) is 105 Å². The minimum absolute atomic E-state index is 0.0574. The zero-order valence-corrected chi connectivity index (χ0v) is 18.5. The van der Waals surface area contributed by atoms with E-state index in [4.69, 9.17) is 14.8 Å². The van der Waals surface area contributed by atoms with Crippen LogP contribution in [0.2, 0.25) is 0 Å². The number of amides is 1. The summed E-state index contributed by atoms with van der Waals surface area (Å²) in [5.41, 5.74) is 3.67. The van der Waals surface area contributed by atoms with Crippen LogP contribution in [0.3, 0.4) is 0 Å². The summed E-state index contributed by atoms with van der Waals surface area (Å²) in [6, 6.07) is 9.44. The van der Waals surface area contributed by atoms with Crippen LogP contribution >= 0.6 is 11.3 Å². The van der Waals surface area contributed by atoms with Gasteiger partial charge in [0.1, 0.15) is 17.2 Å². The first kappa shape index (κ1) is 20.4. The number of ether oxygens (including phenoxy) is 1. The average molecular weight is 451 g/mol. The number of benzene rings is 1. The molecule has 4 heterocycles. The third-order valence-electron chi connectivity index (χ3n) is 5.48. The van der Waals surface area contributed by atoms with Crippen molar-refractivity contribution in [2.45, 2.75) is 32.2 Å². The zero-order chi connectivity index (χ0) is 22.5. The van der Waals surface area contributed by atoms with Crippen LogP contribution in [-0.2, 0) is 17.6 Å². The summed E-state index contributed by atoms with van der Waals surface area (Å²) in [6.45, 7) is 5.14. The van der Waals surface area contributed by atoms with Gasteiger partial charge in [0.25, 0.3) is 5.91 Å². The summed E-state index contributed by atoms with van der Waals surface area (Å²) in [5.74, 6) is -0.210. The number of anilines is 2. The van der Waals surface area contributed by atoms with E-state index in [2.05, 4.69) is 15.2 Å². The number of thiazole rings is 1. The minimum Gasteiger partial charge on any atom is -0.490 e. The number of carbonyl (C=O) groups excluding carboxylic acids is 1. The van der Waals surface area contributed by atoms with E-state index in [0.29, 0.717) is 30.0 Å². The van der Waals surface area contributed by atoms with E-state index >= 15 is 0 Å². The lowest BCUT2D eigenvalue weighted by Crippen LogP contribution is -2.48. The molecule has 0 atom stereocenters. The second kappa shape index (κ2) is 7.59. The highest BCUT2D eigenvalue weighted by molar-refractivity contribution is 7.17. The SMILES string of the molecule is CC1(C)Cc2nc(N3CCOc4ccc(-c5ccc(CC(=O)O)cn5)cc43)sc2C(=O)N1. The van der Waals surface area contributed by atoms with E-state index in [0.717, 1.165) is 33.5 Å². The molecule has 164 valence electrons. The van der Waals surface area contributed by atoms with Crippen LogP contribution in [0, 0.1) is 0 Å². The zero-order valence-electron chi connectivity index (χ0n) is 17.7. The molecule has 32 heavy (non-hydrogen) atoms. The standard InChI is InChI=1S/C23H22N4O4S/c1-23(2)11-16-20(21(30)26-23)32-22(25-16)27-7-8-31-18-6-4-14(10-17(18)27)15-5-3-13(12-24-15)9-19(28)29/h3-6,10,12H,7-9,11H2,1-2H3,(H,26,30)(H,28,29). The van der Waals surface area contributed by atoms with E-state index in [1.165, 1.54) is 11.3 Å². The predicted molar refractivity (Wildman–Crippen MR) is 121 cm³/mol. The summed E-state index contributed by atoms with van der Waals surface area (Å²) in [7, 11) is 0. The molecule has 8 nitrogen and oxygen atoms in total. The Morgan fingerprint density at radius 3 is 2.91 bits per heavy atom. The Hall–Kier alpha value is -3.46. The molecule has 2 aliphatic heterocycles. The van der Waals surface area contributed by atoms with Crippen molar-refractivity contribution in [1.29, 1.82) is 0 Å². The highest BCUT2D eigenvalue weighted by Crippen LogP contribution is 2.42. The number of rotatable bonds is 4. The number of carboxylic acids is 1. The van der Waals surface area contributed by atoms with Gasteiger partial charge < -0.3 is 20.1 Å². The first-order valence-electron chi connectivity index (χ1n) is 10.3. The van der Waals surface area contributed by atoms with Crippen LogP contribution < -0.4 is 15.0 Å². The Kier molecular flexibility index (Phi) is 4.85. The molecule has 0 radical (unpaired) electrons. The molecule has 1 aromatic carbocycles. The molecule has 0 aliphatic carbocycles. The maximum atomic E-state index is 12.5. The van der Waals surface area contributed by atoms with Crippen molar-refractivity contribution in [2.24, 2.45) is 0 Å². The number of carbonyl (C=O) groups is 2. The van der Waals surface area contributed by atoms with Gasteiger partial charge in [0.2, 0.25) is 0 Å². The fourth-order valence-electron chi connectivity index (χ4n) is 4.03. The largest absolute Gasteiger partial charge is 0.490 e. The number of hydrogen-bond donors (Lipinski definition) is 2. The highest BCUT2D eigenvalue weighted by Gasteiger charge is 2.34. The molecule has 0 unspecified atom stereocenters. The molecule has 2 aromatic heterocycles. The molecule has 0 fully saturated rings.